The number of anilines is 3. The molecule has 3 heteroatoms. The molecule has 2 aliphatic rings. The van der Waals surface area contributed by atoms with Gasteiger partial charge in [0.1, 0.15) is 16.9 Å². The van der Waals surface area contributed by atoms with E-state index >= 15 is 0 Å². The quantitative estimate of drug-likeness (QED) is 0.180. The zero-order chi connectivity index (χ0) is 36.4. The Kier molecular flexibility index (Phi) is 6.56. The Morgan fingerprint density at radius 3 is 1.72 bits per heavy atom. The Hall–Kier alpha value is -6.06. The van der Waals surface area contributed by atoms with E-state index in [4.69, 9.17) is 8.83 Å². The summed E-state index contributed by atoms with van der Waals surface area (Å²) in [6.07, 6.45) is 3.79. The molecule has 0 atom stereocenters. The van der Waals surface area contributed by atoms with Gasteiger partial charge in [-0.2, -0.15) is 0 Å². The molecule has 0 amide bonds. The number of fused-ring (bicyclic) bond motifs is 10. The summed E-state index contributed by atoms with van der Waals surface area (Å²) in [5, 5.41) is 2.30. The van der Waals surface area contributed by atoms with E-state index in [1.54, 1.807) is 0 Å². The Balaban J connectivity index is 1.16. The zero-order valence-corrected chi connectivity index (χ0v) is 31.1. The fourth-order valence-electron chi connectivity index (χ4n) is 9.34. The van der Waals surface area contributed by atoms with Crippen LogP contribution in [-0.2, 0) is 10.8 Å². The van der Waals surface area contributed by atoms with Crippen molar-refractivity contribution in [2.45, 2.75) is 52.4 Å². The van der Waals surface area contributed by atoms with Gasteiger partial charge in [0.2, 0.25) is 0 Å². The van der Waals surface area contributed by atoms with Gasteiger partial charge < -0.3 is 13.7 Å². The van der Waals surface area contributed by atoms with Gasteiger partial charge in [-0.15, -0.1) is 0 Å². The lowest BCUT2D eigenvalue weighted by atomic mass is 9.81. The van der Waals surface area contributed by atoms with Gasteiger partial charge in [-0.1, -0.05) is 119 Å². The van der Waals surface area contributed by atoms with Crippen molar-refractivity contribution in [3.63, 3.8) is 0 Å². The van der Waals surface area contributed by atoms with Crippen LogP contribution in [-0.4, -0.2) is 0 Å². The van der Waals surface area contributed by atoms with Crippen molar-refractivity contribution in [3.8, 4) is 33.4 Å². The Bertz CT molecular complexity index is 2810. The summed E-state index contributed by atoms with van der Waals surface area (Å²) < 4.78 is 12.7. The third kappa shape index (κ3) is 4.34. The van der Waals surface area contributed by atoms with Gasteiger partial charge in [0, 0.05) is 55.4 Å². The van der Waals surface area contributed by atoms with Crippen molar-refractivity contribution in [3.05, 3.63) is 167 Å². The second kappa shape index (κ2) is 11.0. The molecule has 0 spiro atoms. The molecule has 2 heterocycles. The van der Waals surface area contributed by atoms with Gasteiger partial charge in [-0.25, -0.2) is 0 Å². The summed E-state index contributed by atoms with van der Waals surface area (Å²) in [5.74, 6) is 0.904. The smallest absolute Gasteiger partial charge is 0.143 e. The molecular weight excluding hydrogens is 647 g/mol. The number of rotatable bonds is 5. The molecule has 0 radical (unpaired) electrons. The molecule has 0 saturated carbocycles. The maximum atomic E-state index is 6.48. The fourth-order valence-corrected chi connectivity index (χ4v) is 9.34. The van der Waals surface area contributed by atoms with Gasteiger partial charge in [0.05, 0.1) is 6.26 Å². The van der Waals surface area contributed by atoms with Crippen molar-refractivity contribution in [1.82, 2.24) is 0 Å². The molecule has 53 heavy (non-hydrogen) atoms. The zero-order valence-electron chi connectivity index (χ0n) is 31.1. The summed E-state index contributed by atoms with van der Waals surface area (Å²) in [7, 11) is 0. The second-order valence-electron chi connectivity index (χ2n) is 15.9. The fraction of sp³-hybridized carbons (Fsp3) is 0.160. The van der Waals surface area contributed by atoms with Crippen molar-refractivity contribution in [2.75, 3.05) is 4.90 Å². The third-order valence-electron chi connectivity index (χ3n) is 12.2. The lowest BCUT2D eigenvalue weighted by Crippen LogP contribution is -2.18. The average molecular weight is 688 g/mol. The molecule has 0 fully saturated rings. The third-order valence-corrected chi connectivity index (χ3v) is 12.2. The lowest BCUT2D eigenvalue weighted by molar-refractivity contribution is 0.577. The number of hydrogen-bond donors (Lipinski definition) is 0. The first-order chi connectivity index (χ1) is 25.6. The molecule has 0 saturated heterocycles. The Labute approximate surface area is 310 Å². The maximum Gasteiger partial charge on any atom is 0.143 e. The summed E-state index contributed by atoms with van der Waals surface area (Å²) in [5.41, 5.74) is 19.6. The molecule has 0 bridgehead atoms. The molecule has 2 aromatic heterocycles. The van der Waals surface area contributed by atoms with E-state index < -0.39 is 0 Å². The van der Waals surface area contributed by atoms with Crippen LogP contribution < -0.4 is 4.90 Å². The second-order valence-corrected chi connectivity index (χ2v) is 15.9. The SMILES string of the molecule is C=Cc1c(C)oc2c3c(ccc12)C(C)(C)c1cc(N(c2ccc(-c4ccccc4)cc2)c2ccc4c(c2)C(C)(C)c2ccc5c(C)coc5c2-4)ccc1-3. The summed E-state index contributed by atoms with van der Waals surface area (Å²) in [4.78, 5) is 2.42. The molecule has 3 nitrogen and oxygen atoms in total. The van der Waals surface area contributed by atoms with Gasteiger partial charge >= 0.3 is 0 Å². The Morgan fingerprint density at radius 2 is 1.11 bits per heavy atom. The molecule has 0 aliphatic heterocycles. The largest absolute Gasteiger partial charge is 0.463 e. The van der Waals surface area contributed by atoms with E-state index in [9.17, 15) is 0 Å². The highest BCUT2D eigenvalue weighted by atomic mass is 16.3. The predicted octanol–water partition coefficient (Wildman–Crippen LogP) is 14.2. The van der Waals surface area contributed by atoms with E-state index in [1.165, 1.54) is 66.6 Å². The standard InChI is InChI=1S/C50H41NO2/c1-8-36-30(3)53-48-38(36)23-25-42-46(48)40-21-19-35(27-44(40)50(42,6)7)51(33-16-14-32(15-17-33)31-12-10-9-11-13-31)34-18-20-39-43(26-34)49(4,5)41-24-22-37-29(2)28-52-47(37)45(39)41/h8-28H,1H2,2-7H3. The number of benzene rings is 6. The van der Waals surface area contributed by atoms with Crippen LogP contribution in [0.15, 0.2) is 137 Å². The van der Waals surface area contributed by atoms with Crippen LogP contribution in [0, 0.1) is 13.8 Å². The minimum absolute atomic E-state index is 0.198. The van der Waals surface area contributed by atoms with Crippen LogP contribution in [0.5, 0.6) is 0 Å². The maximum absolute atomic E-state index is 6.48. The number of nitrogens with zero attached hydrogens (tertiary/aromatic N) is 1. The van der Waals surface area contributed by atoms with Crippen LogP contribution in [0.3, 0.4) is 0 Å². The van der Waals surface area contributed by atoms with E-state index in [0.717, 1.165) is 44.9 Å². The molecule has 6 aromatic carbocycles. The van der Waals surface area contributed by atoms with Crippen molar-refractivity contribution in [1.29, 1.82) is 0 Å². The molecule has 10 rings (SSSR count). The minimum Gasteiger partial charge on any atom is -0.463 e. The first kappa shape index (κ1) is 31.7. The minimum atomic E-state index is -0.221. The van der Waals surface area contributed by atoms with E-state index in [0.29, 0.717) is 0 Å². The topological polar surface area (TPSA) is 29.5 Å². The van der Waals surface area contributed by atoms with Crippen LogP contribution in [0.25, 0.3) is 61.4 Å². The van der Waals surface area contributed by atoms with E-state index in [-0.39, 0.29) is 10.8 Å². The molecule has 258 valence electrons. The first-order valence-electron chi connectivity index (χ1n) is 18.5. The first-order valence-corrected chi connectivity index (χ1v) is 18.5. The molecule has 2 aliphatic carbocycles. The summed E-state index contributed by atoms with van der Waals surface area (Å²) >= 11 is 0. The van der Waals surface area contributed by atoms with Crippen molar-refractivity contribution in [2.24, 2.45) is 0 Å². The average Bonchev–Trinajstić information content (AvgIpc) is 3.85. The molecule has 0 unspecified atom stereocenters. The van der Waals surface area contributed by atoms with Crippen LogP contribution in [0.4, 0.5) is 17.1 Å². The van der Waals surface area contributed by atoms with Crippen LogP contribution in [0.2, 0.25) is 0 Å². The van der Waals surface area contributed by atoms with Crippen molar-refractivity contribution < 1.29 is 8.83 Å². The molecular formula is C50H41NO2. The van der Waals surface area contributed by atoms with E-state index in [2.05, 4.69) is 161 Å². The van der Waals surface area contributed by atoms with Gasteiger partial charge in [-0.3, -0.25) is 0 Å². The summed E-state index contributed by atoms with van der Waals surface area (Å²) in [6.45, 7) is 17.6. The molecule has 0 N–H and O–H groups in total. The van der Waals surface area contributed by atoms with Gasteiger partial charge in [-0.05, 0) is 100 Å². The Morgan fingerprint density at radius 1 is 0.566 bits per heavy atom. The highest BCUT2D eigenvalue weighted by Gasteiger charge is 2.40. The predicted molar refractivity (Wildman–Crippen MR) is 221 cm³/mol. The van der Waals surface area contributed by atoms with Crippen LogP contribution in [0.1, 0.15) is 66.8 Å². The number of aryl methyl sites for hydroxylation is 2. The normalized spacial score (nSPS) is 14.6. The monoisotopic (exact) mass is 687 g/mol. The highest BCUT2D eigenvalue weighted by molar-refractivity contribution is 6.04. The highest BCUT2D eigenvalue weighted by Crippen LogP contribution is 2.56. The van der Waals surface area contributed by atoms with Gasteiger partial charge in [0.15, 0.2) is 0 Å². The van der Waals surface area contributed by atoms with Crippen molar-refractivity contribution >= 4 is 45.1 Å². The lowest BCUT2D eigenvalue weighted by Gasteiger charge is -2.30. The van der Waals surface area contributed by atoms with Crippen LogP contribution >= 0.6 is 0 Å². The molecule has 8 aromatic rings. The van der Waals surface area contributed by atoms with Gasteiger partial charge in [0.25, 0.3) is 0 Å². The summed E-state index contributed by atoms with van der Waals surface area (Å²) in [6, 6.07) is 42.6. The number of furan rings is 2. The van der Waals surface area contributed by atoms with E-state index in [1.807, 2.05) is 19.3 Å². The number of hydrogen-bond acceptors (Lipinski definition) is 3.